The van der Waals surface area contributed by atoms with Crippen molar-refractivity contribution in [2.75, 3.05) is 6.61 Å². The van der Waals surface area contributed by atoms with Crippen LogP contribution in [0.25, 0.3) is 0 Å². The average molecular weight is 369 g/mol. The third-order valence-corrected chi connectivity index (χ3v) is 3.88. The van der Waals surface area contributed by atoms with E-state index in [0.29, 0.717) is 12.1 Å². The lowest BCUT2D eigenvalue weighted by Gasteiger charge is -2.35. The van der Waals surface area contributed by atoms with Gasteiger partial charge in [0.2, 0.25) is 0 Å². The number of amides is 1. The number of hydrogen-bond donors (Lipinski definition) is 0. The maximum Gasteiger partial charge on any atom is 0.278 e. The molecule has 0 radical (unpaired) electrons. The molecule has 0 saturated carbocycles. The number of nitro groups is 1. The van der Waals surface area contributed by atoms with Gasteiger partial charge in [0.15, 0.2) is 6.61 Å². The zero-order valence-corrected chi connectivity index (χ0v) is 15.7. The molecule has 7 heteroatoms. The van der Waals surface area contributed by atoms with Gasteiger partial charge in [-0.25, -0.2) is 0 Å². The summed E-state index contributed by atoms with van der Waals surface area (Å²) in [6, 6.07) is 15.9. The third-order valence-electron chi connectivity index (χ3n) is 3.88. The van der Waals surface area contributed by atoms with Crippen molar-refractivity contribution in [2.45, 2.75) is 32.9 Å². The van der Waals surface area contributed by atoms with Crippen molar-refractivity contribution in [1.82, 2.24) is 4.90 Å². The SMILES string of the molecule is CC(C)(C)N(Cc1ccccc1)C(=O)CO/N=C/c1ccccc1[N+](=O)[O-]. The Morgan fingerprint density at radius 2 is 1.78 bits per heavy atom. The van der Waals surface area contributed by atoms with E-state index in [1.165, 1.54) is 12.3 Å². The number of para-hydroxylation sites is 1. The van der Waals surface area contributed by atoms with E-state index in [9.17, 15) is 14.9 Å². The Bertz CT molecular complexity index is 813. The largest absolute Gasteiger partial charge is 0.386 e. The molecule has 2 aromatic rings. The molecule has 1 amide bonds. The minimum absolute atomic E-state index is 0.0726. The minimum Gasteiger partial charge on any atom is -0.386 e. The summed E-state index contributed by atoms with van der Waals surface area (Å²) in [5, 5.41) is 14.7. The van der Waals surface area contributed by atoms with Crippen LogP contribution in [0.4, 0.5) is 5.69 Å². The van der Waals surface area contributed by atoms with E-state index >= 15 is 0 Å². The first-order valence-corrected chi connectivity index (χ1v) is 8.52. The van der Waals surface area contributed by atoms with E-state index < -0.39 is 10.5 Å². The first-order chi connectivity index (χ1) is 12.8. The number of rotatable bonds is 7. The first-order valence-electron chi connectivity index (χ1n) is 8.52. The molecule has 2 aromatic carbocycles. The van der Waals surface area contributed by atoms with Crippen LogP contribution in [-0.4, -0.2) is 34.1 Å². The molecule has 0 aliphatic heterocycles. The topological polar surface area (TPSA) is 85.0 Å². The molecule has 2 rings (SSSR count). The molecule has 7 nitrogen and oxygen atoms in total. The molecule has 0 saturated heterocycles. The summed E-state index contributed by atoms with van der Waals surface area (Å²) in [4.78, 5) is 29.9. The van der Waals surface area contributed by atoms with Crippen molar-refractivity contribution < 1.29 is 14.6 Å². The van der Waals surface area contributed by atoms with Crippen LogP contribution in [0.3, 0.4) is 0 Å². The average Bonchev–Trinajstić information content (AvgIpc) is 2.63. The van der Waals surface area contributed by atoms with Gasteiger partial charge in [0.1, 0.15) is 0 Å². The van der Waals surface area contributed by atoms with Crippen LogP contribution >= 0.6 is 0 Å². The molecule has 27 heavy (non-hydrogen) atoms. The van der Waals surface area contributed by atoms with Crippen LogP contribution < -0.4 is 0 Å². The van der Waals surface area contributed by atoms with Crippen molar-refractivity contribution in [3.05, 3.63) is 75.8 Å². The van der Waals surface area contributed by atoms with E-state index in [4.69, 9.17) is 4.84 Å². The van der Waals surface area contributed by atoms with Gasteiger partial charge < -0.3 is 9.74 Å². The highest BCUT2D eigenvalue weighted by atomic mass is 16.6. The third kappa shape index (κ3) is 5.91. The standard InChI is InChI=1S/C20H23N3O4/c1-20(2,3)22(14-16-9-5-4-6-10-16)19(24)15-27-21-13-17-11-7-8-12-18(17)23(25)26/h4-13H,14-15H2,1-3H3/b21-13+. The van der Waals surface area contributed by atoms with Gasteiger partial charge in [-0.05, 0) is 32.4 Å². The lowest BCUT2D eigenvalue weighted by atomic mass is 10.0. The second-order valence-electron chi connectivity index (χ2n) is 6.96. The molecule has 0 N–H and O–H groups in total. The molecule has 0 aliphatic carbocycles. The smallest absolute Gasteiger partial charge is 0.278 e. The van der Waals surface area contributed by atoms with Gasteiger partial charge in [0.05, 0.1) is 16.7 Å². The molecule has 0 heterocycles. The molecule has 0 fully saturated rings. The molecule has 0 atom stereocenters. The Morgan fingerprint density at radius 1 is 1.15 bits per heavy atom. The highest BCUT2D eigenvalue weighted by Gasteiger charge is 2.26. The second-order valence-corrected chi connectivity index (χ2v) is 6.96. The van der Waals surface area contributed by atoms with Crippen LogP contribution in [0.5, 0.6) is 0 Å². The normalized spacial score (nSPS) is 11.4. The molecule has 0 unspecified atom stereocenters. The minimum atomic E-state index is -0.492. The van der Waals surface area contributed by atoms with Gasteiger partial charge in [-0.2, -0.15) is 0 Å². The quantitative estimate of drug-likeness (QED) is 0.422. The number of nitro benzene ring substituents is 1. The number of benzene rings is 2. The highest BCUT2D eigenvalue weighted by Crippen LogP contribution is 2.18. The molecular weight excluding hydrogens is 346 g/mol. The maximum atomic E-state index is 12.6. The summed E-state index contributed by atoms with van der Waals surface area (Å²) in [5.74, 6) is -0.217. The van der Waals surface area contributed by atoms with Crippen molar-refractivity contribution >= 4 is 17.8 Å². The predicted molar refractivity (Wildman–Crippen MR) is 103 cm³/mol. The molecular formula is C20H23N3O4. The van der Waals surface area contributed by atoms with Crippen LogP contribution in [-0.2, 0) is 16.2 Å². The van der Waals surface area contributed by atoms with Crippen LogP contribution in [0, 0.1) is 10.1 Å². The Balaban J connectivity index is 2.01. The number of hydrogen-bond acceptors (Lipinski definition) is 5. The fourth-order valence-electron chi connectivity index (χ4n) is 2.49. The van der Waals surface area contributed by atoms with Gasteiger partial charge in [0, 0.05) is 18.2 Å². The number of nitrogens with zero attached hydrogens (tertiary/aromatic N) is 3. The van der Waals surface area contributed by atoms with E-state index in [1.807, 2.05) is 51.1 Å². The van der Waals surface area contributed by atoms with Crippen LogP contribution in [0.15, 0.2) is 59.8 Å². The van der Waals surface area contributed by atoms with Gasteiger partial charge in [-0.15, -0.1) is 0 Å². The van der Waals surface area contributed by atoms with E-state index in [0.717, 1.165) is 5.56 Å². The van der Waals surface area contributed by atoms with Gasteiger partial charge in [0.25, 0.3) is 11.6 Å². The van der Waals surface area contributed by atoms with Crippen molar-refractivity contribution in [3.8, 4) is 0 Å². The van der Waals surface area contributed by atoms with E-state index in [2.05, 4.69) is 5.16 Å². The van der Waals surface area contributed by atoms with E-state index in [-0.39, 0.29) is 18.2 Å². The maximum absolute atomic E-state index is 12.6. The Kier molecular flexibility index (Phi) is 6.65. The van der Waals surface area contributed by atoms with Gasteiger partial charge in [-0.3, -0.25) is 14.9 Å². The summed E-state index contributed by atoms with van der Waals surface area (Å²) in [5.41, 5.74) is 0.866. The zero-order chi connectivity index (χ0) is 19.9. The lowest BCUT2D eigenvalue weighted by Crippen LogP contribution is -2.46. The lowest BCUT2D eigenvalue weighted by molar-refractivity contribution is -0.385. The Labute approximate surface area is 158 Å². The van der Waals surface area contributed by atoms with Crippen LogP contribution in [0.2, 0.25) is 0 Å². The van der Waals surface area contributed by atoms with Crippen LogP contribution in [0.1, 0.15) is 31.9 Å². The highest BCUT2D eigenvalue weighted by molar-refractivity contribution is 5.85. The fraction of sp³-hybridized carbons (Fsp3) is 0.300. The van der Waals surface area contributed by atoms with Gasteiger partial charge in [-0.1, -0.05) is 47.6 Å². The Hall–Kier alpha value is -3.22. The fourth-order valence-corrected chi connectivity index (χ4v) is 2.49. The monoisotopic (exact) mass is 369 g/mol. The zero-order valence-electron chi connectivity index (χ0n) is 15.7. The van der Waals surface area contributed by atoms with Crippen molar-refractivity contribution in [2.24, 2.45) is 5.16 Å². The number of carbonyl (C=O) groups is 1. The molecule has 142 valence electrons. The predicted octanol–water partition coefficient (Wildman–Crippen LogP) is 3.77. The molecule has 0 spiro atoms. The second kappa shape index (κ2) is 8.93. The Morgan fingerprint density at radius 3 is 2.41 bits per heavy atom. The summed E-state index contributed by atoms with van der Waals surface area (Å²) in [6.45, 7) is 6.06. The summed E-state index contributed by atoms with van der Waals surface area (Å²) >= 11 is 0. The summed E-state index contributed by atoms with van der Waals surface area (Å²) in [6.07, 6.45) is 1.24. The first kappa shape index (κ1) is 20.1. The summed E-state index contributed by atoms with van der Waals surface area (Å²) in [7, 11) is 0. The summed E-state index contributed by atoms with van der Waals surface area (Å²) < 4.78 is 0. The molecule has 0 aliphatic rings. The van der Waals surface area contributed by atoms with E-state index in [1.54, 1.807) is 23.1 Å². The molecule has 0 aromatic heterocycles. The number of carbonyl (C=O) groups excluding carboxylic acids is 1. The van der Waals surface area contributed by atoms with Gasteiger partial charge >= 0.3 is 0 Å². The molecule has 0 bridgehead atoms. The number of oxime groups is 1. The van der Waals surface area contributed by atoms with Crippen molar-refractivity contribution in [3.63, 3.8) is 0 Å². The van der Waals surface area contributed by atoms with Crippen molar-refractivity contribution in [1.29, 1.82) is 0 Å².